The predicted molar refractivity (Wildman–Crippen MR) is 121 cm³/mol. The highest BCUT2D eigenvalue weighted by molar-refractivity contribution is 8.26. The van der Waals surface area contributed by atoms with Gasteiger partial charge in [0, 0.05) is 25.6 Å². The molecule has 3 rings (SSSR count). The zero-order valence-electron chi connectivity index (χ0n) is 16.9. The number of hydrogen-bond donors (Lipinski definition) is 0. The summed E-state index contributed by atoms with van der Waals surface area (Å²) in [6.07, 6.45) is 8.85. The smallest absolute Gasteiger partial charge is 0.266 e. The molecule has 1 saturated carbocycles. The first-order valence-electron chi connectivity index (χ1n) is 9.94. The zero-order chi connectivity index (χ0) is 21.7. The lowest BCUT2D eigenvalue weighted by Crippen LogP contribution is -2.30. The number of furan rings is 1. The van der Waals surface area contributed by atoms with E-state index in [0.29, 0.717) is 33.2 Å². The van der Waals surface area contributed by atoms with Crippen LogP contribution in [0.15, 0.2) is 21.5 Å². The molecule has 1 aromatic rings. The fourth-order valence-electron chi connectivity index (χ4n) is 3.70. The third-order valence-corrected chi connectivity index (χ3v) is 7.97. The van der Waals surface area contributed by atoms with E-state index in [1.54, 1.807) is 23.1 Å². The van der Waals surface area contributed by atoms with Gasteiger partial charge in [0.1, 0.15) is 15.8 Å². The maximum Gasteiger partial charge on any atom is 0.266 e. The number of carbonyl (C=O) groups is 1. The Balaban J connectivity index is 1.64. The normalized spacial score (nSPS) is 19.4. The lowest BCUT2D eigenvalue weighted by Gasteiger charge is -2.17. The van der Waals surface area contributed by atoms with Gasteiger partial charge in [0.2, 0.25) is 10.0 Å². The van der Waals surface area contributed by atoms with Crippen molar-refractivity contribution in [1.82, 2.24) is 9.21 Å². The molecule has 0 radical (unpaired) electrons. The van der Waals surface area contributed by atoms with Crippen LogP contribution in [0.3, 0.4) is 0 Å². The quantitative estimate of drug-likeness (QED) is 0.403. The van der Waals surface area contributed by atoms with Crippen LogP contribution in [-0.2, 0) is 21.4 Å². The highest BCUT2D eigenvalue weighted by Gasteiger charge is 2.32. The van der Waals surface area contributed by atoms with Crippen molar-refractivity contribution in [3.63, 3.8) is 0 Å². The second-order valence-corrected chi connectivity index (χ2v) is 11.2. The van der Waals surface area contributed by atoms with Crippen molar-refractivity contribution in [2.45, 2.75) is 45.1 Å². The number of thioether (sulfide) groups is 1. The molecule has 7 nitrogen and oxygen atoms in total. The zero-order valence-corrected chi connectivity index (χ0v) is 19.3. The minimum atomic E-state index is -3.46. The van der Waals surface area contributed by atoms with Gasteiger partial charge < -0.3 is 4.42 Å². The molecule has 1 aliphatic carbocycles. The molecule has 0 spiro atoms. The number of carbonyl (C=O) groups excluding carboxylic acids is 1. The van der Waals surface area contributed by atoms with Crippen molar-refractivity contribution in [2.75, 3.05) is 19.3 Å². The first-order chi connectivity index (χ1) is 14.3. The topological polar surface area (TPSA) is 94.6 Å². The van der Waals surface area contributed by atoms with Gasteiger partial charge in [-0.15, -0.1) is 0 Å². The summed E-state index contributed by atoms with van der Waals surface area (Å²) in [5.74, 6) is 1.49. The van der Waals surface area contributed by atoms with Crippen molar-refractivity contribution in [2.24, 2.45) is 5.92 Å². The van der Waals surface area contributed by atoms with E-state index >= 15 is 0 Å². The predicted octanol–water partition coefficient (Wildman–Crippen LogP) is 3.74. The van der Waals surface area contributed by atoms with Crippen LogP contribution in [0.25, 0.3) is 6.08 Å². The Labute approximate surface area is 187 Å². The van der Waals surface area contributed by atoms with Crippen LogP contribution in [-0.4, -0.2) is 47.2 Å². The standard InChI is InChI=1S/C20H25N3O4S3/c1-30(25,26)22(11-4-10-21)14-17-8-7-16(27-17)13-18-19(24)23(20(28)29-18)12-9-15-5-2-3-6-15/h7-8,13,15H,2-6,9,11-12,14H2,1H3/b18-13-. The van der Waals surface area contributed by atoms with Crippen molar-refractivity contribution in [3.05, 3.63) is 28.6 Å². The molecule has 0 aromatic carbocycles. The molecule has 2 heterocycles. The van der Waals surface area contributed by atoms with Gasteiger partial charge in [-0.3, -0.25) is 9.69 Å². The third-order valence-electron chi connectivity index (χ3n) is 5.34. The molecular weight excluding hydrogens is 442 g/mol. The number of thiocarbonyl (C=S) groups is 1. The number of nitriles is 1. The molecule has 0 unspecified atom stereocenters. The maximum atomic E-state index is 12.7. The highest BCUT2D eigenvalue weighted by Crippen LogP contribution is 2.34. The molecule has 30 heavy (non-hydrogen) atoms. The minimum Gasteiger partial charge on any atom is -0.460 e. The summed E-state index contributed by atoms with van der Waals surface area (Å²) >= 11 is 6.66. The van der Waals surface area contributed by atoms with E-state index in [0.717, 1.165) is 12.7 Å². The van der Waals surface area contributed by atoms with Crippen molar-refractivity contribution >= 4 is 50.3 Å². The molecule has 1 amide bonds. The largest absolute Gasteiger partial charge is 0.460 e. The maximum absolute atomic E-state index is 12.7. The first kappa shape index (κ1) is 23.0. The molecule has 0 atom stereocenters. The molecule has 0 N–H and O–H groups in total. The lowest BCUT2D eigenvalue weighted by molar-refractivity contribution is -0.122. The van der Waals surface area contributed by atoms with Crippen molar-refractivity contribution in [1.29, 1.82) is 5.26 Å². The van der Waals surface area contributed by atoms with Crippen LogP contribution in [0.5, 0.6) is 0 Å². The van der Waals surface area contributed by atoms with Crippen LogP contribution in [0.2, 0.25) is 0 Å². The Morgan fingerprint density at radius 1 is 1.40 bits per heavy atom. The van der Waals surface area contributed by atoms with Gasteiger partial charge in [-0.1, -0.05) is 49.7 Å². The summed E-state index contributed by atoms with van der Waals surface area (Å²) in [6, 6.07) is 5.32. The summed E-state index contributed by atoms with van der Waals surface area (Å²) < 4.78 is 31.3. The average molecular weight is 468 g/mol. The fourth-order valence-corrected chi connectivity index (χ4v) is 5.77. The molecule has 10 heteroatoms. The van der Waals surface area contributed by atoms with Crippen LogP contribution >= 0.6 is 24.0 Å². The molecule has 1 aromatic heterocycles. The van der Waals surface area contributed by atoms with Gasteiger partial charge in [0.15, 0.2) is 0 Å². The van der Waals surface area contributed by atoms with Crippen molar-refractivity contribution in [3.8, 4) is 6.07 Å². The molecular formula is C20H25N3O4S3. The van der Waals surface area contributed by atoms with E-state index in [9.17, 15) is 13.2 Å². The van der Waals surface area contributed by atoms with Crippen LogP contribution in [0, 0.1) is 17.2 Å². The number of nitrogens with zero attached hydrogens (tertiary/aromatic N) is 3. The second-order valence-electron chi connectivity index (χ2n) is 7.58. The molecule has 2 fully saturated rings. The van der Waals surface area contributed by atoms with E-state index in [1.807, 2.05) is 6.07 Å². The number of sulfonamides is 1. The summed E-state index contributed by atoms with van der Waals surface area (Å²) in [6.45, 7) is 0.792. The molecule has 2 aliphatic rings. The molecule has 1 saturated heterocycles. The first-order valence-corrected chi connectivity index (χ1v) is 13.0. The molecule has 162 valence electrons. The summed E-state index contributed by atoms with van der Waals surface area (Å²) in [5.41, 5.74) is 0. The van der Waals surface area contributed by atoms with E-state index in [1.165, 1.54) is 41.8 Å². The van der Waals surface area contributed by atoms with Crippen LogP contribution in [0.1, 0.15) is 50.0 Å². The van der Waals surface area contributed by atoms with E-state index < -0.39 is 10.0 Å². The monoisotopic (exact) mass is 467 g/mol. The Kier molecular flexibility index (Phi) is 7.74. The SMILES string of the molecule is CS(=O)(=O)N(CCC#N)Cc1ccc(/C=C2\SC(=S)N(CCC3CCCC3)C2=O)o1. The average Bonchev–Trinajstić information content (AvgIpc) is 3.40. The second kappa shape index (κ2) is 10.1. The van der Waals surface area contributed by atoms with Crippen molar-refractivity contribution < 1.29 is 17.6 Å². The summed E-state index contributed by atoms with van der Waals surface area (Å²) in [5, 5.41) is 8.73. The van der Waals surface area contributed by atoms with E-state index in [2.05, 4.69) is 0 Å². The number of rotatable bonds is 9. The Morgan fingerprint density at radius 2 is 2.13 bits per heavy atom. The van der Waals surface area contributed by atoms with E-state index in [4.69, 9.17) is 21.9 Å². The molecule has 1 aliphatic heterocycles. The summed E-state index contributed by atoms with van der Waals surface area (Å²) in [7, 11) is -3.46. The van der Waals surface area contributed by atoms with Gasteiger partial charge in [0.05, 0.1) is 23.8 Å². The Bertz CT molecular complexity index is 972. The van der Waals surface area contributed by atoms with E-state index in [-0.39, 0.29) is 25.4 Å². The Morgan fingerprint density at radius 3 is 2.80 bits per heavy atom. The van der Waals surface area contributed by atoms with Gasteiger partial charge in [-0.2, -0.15) is 9.57 Å². The number of hydrogen-bond acceptors (Lipinski definition) is 7. The van der Waals surface area contributed by atoms with Gasteiger partial charge >= 0.3 is 0 Å². The summed E-state index contributed by atoms with van der Waals surface area (Å²) in [4.78, 5) is 14.9. The van der Waals surface area contributed by atoms with Gasteiger partial charge in [0.25, 0.3) is 5.91 Å². The number of amides is 1. The third kappa shape index (κ3) is 5.94. The van der Waals surface area contributed by atoms with Crippen LogP contribution in [0.4, 0.5) is 0 Å². The Hall–Kier alpha value is -1.67. The highest BCUT2D eigenvalue weighted by atomic mass is 32.2. The molecule has 0 bridgehead atoms. The lowest BCUT2D eigenvalue weighted by atomic mass is 10.0. The van der Waals surface area contributed by atoms with Gasteiger partial charge in [-0.05, 0) is 24.5 Å². The fraction of sp³-hybridized carbons (Fsp3) is 0.550. The van der Waals surface area contributed by atoms with Gasteiger partial charge in [-0.25, -0.2) is 8.42 Å². The van der Waals surface area contributed by atoms with Crippen LogP contribution < -0.4 is 0 Å². The minimum absolute atomic E-state index is 0.0384.